The lowest BCUT2D eigenvalue weighted by Gasteiger charge is -1.94. The van der Waals surface area contributed by atoms with Gasteiger partial charge in [-0.25, -0.2) is 0 Å². The number of rotatable bonds is 1. The van der Waals surface area contributed by atoms with Crippen LogP contribution in [0.3, 0.4) is 0 Å². The van der Waals surface area contributed by atoms with Gasteiger partial charge in [0.15, 0.2) is 0 Å². The Hall–Kier alpha value is -1.56. The highest BCUT2D eigenvalue weighted by molar-refractivity contribution is 5.97. The number of amides is 1. The van der Waals surface area contributed by atoms with Gasteiger partial charge in [-0.3, -0.25) is 4.79 Å². The third-order valence-electron chi connectivity index (χ3n) is 1.89. The van der Waals surface area contributed by atoms with Gasteiger partial charge < -0.3 is 5.73 Å². The van der Waals surface area contributed by atoms with Crippen molar-refractivity contribution in [1.29, 1.82) is 5.26 Å². The van der Waals surface area contributed by atoms with Crippen LogP contribution in [0, 0.1) is 11.3 Å². The molecule has 0 atom stereocenters. The number of primary amides is 1. The van der Waals surface area contributed by atoms with Crippen LogP contribution in [-0.2, 0) is 4.79 Å². The largest absolute Gasteiger partial charge is 0.365 e. The Morgan fingerprint density at radius 3 is 2.67 bits per heavy atom. The molecule has 0 heterocycles. The van der Waals surface area contributed by atoms with Gasteiger partial charge in [-0.15, -0.1) is 0 Å². The third-order valence-corrected chi connectivity index (χ3v) is 1.89. The molecule has 0 aromatic rings. The molecule has 1 aliphatic rings. The van der Waals surface area contributed by atoms with Gasteiger partial charge in [0.05, 0.1) is 0 Å². The fourth-order valence-corrected chi connectivity index (χ4v) is 1.26. The van der Waals surface area contributed by atoms with E-state index in [2.05, 4.69) is 0 Å². The number of nitrogens with zero attached hydrogens (tertiary/aromatic N) is 1. The first-order valence-electron chi connectivity index (χ1n) is 3.75. The number of nitriles is 1. The maximum absolute atomic E-state index is 10.7. The summed E-state index contributed by atoms with van der Waals surface area (Å²) in [6.07, 6.45) is 3.55. The van der Waals surface area contributed by atoms with E-state index in [1.165, 1.54) is 5.57 Å². The Morgan fingerprint density at radius 2 is 2.33 bits per heavy atom. The average Bonchev–Trinajstić information content (AvgIpc) is 2.37. The van der Waals surface area contributed by atoms with E-state index >= 15 is 0 Å². The Labute approximate surface area is 71.2 Å². The van der Waals surface area contributed by atoms with Crippen molar-refractivity contribution in [3.63, 3.8) is 0 Å². The van der Waals surface area contributed by atoms with E-state index in [0.717, 1.165) is 18.4 Å². The van der Waals surface area contributed by atoms with Crippen molar-refractivity contribution in [2.75, 3.05) is 0 Å². The minimum absolute atomic E-state index is 0.104. The number of hydrogen-bond acceptors (Lipinski definition) is 2. The monoisotopic (exact) mass is 162 g/mol. The number of carbonyl (C=O) groups is 1. The molecular formula is C9H10N2O. The maximum Gasteiger partial charge on any atom is 0.259 e. The molecule has 0 saturated heterocycles. The second-order valence-corrected chi connectivity index (χ2v) is 2.87. The third kappa shape index (κ3) is 1.54. The van der Waals surface area contributed by atoms with E-state index in [1.807, 2.05) is 19.1 Å². The molecule has 1 rings (SSSR count). The van der Waals surface area contributed by atoms with Crippen LogP contribution < -0.4 is 5.73 Å². The predicted molar refractivity (Wildman–Crippen MR) is 44.8 cm³/mol. The van der Waals surface area contributed by atoms with Crippen molar-refractivity contribution >= 4 is 5.91 Å². The first-order valence-corrected chi connectivity index (χ1v) is 3.75. The van der Waals surface area contributed by atoms with Crippen LogP contribution in [0.4, 0.5) is 0 Å². The zero-order valence-electron chi connectivity index (χ0n) is 6.92. The number of hydrogen-bond donors (Lipinski definition) is 1. The van der Waals surface area contributed by atoms with Crippen LogP contribution in [0.25, 0.3) is 0 Å². The highest BCUT2D eigenvalue weighted by Gasteiger charge is 2.14. The summed E-state index contributed by atoms with van der Waals surface area (Å²) in [7, 11) is 0. The summed E-state index contributed by atoms with van der Waals surface area (Å²) < 4.78 is 0. The van der Waals surface area contributed by atoms with Gasteiger partial charge in [0.1, 0.15) is 11.6 Å². The topological polar surface area (TPSA) is 66.9 Å². The van der Waals surface area contributed by atoms with E-state index in [9.17, 15) is 4.79 Å². The SMILES string of the molecule is CC1=CC(=C(C#N)C(N)=O)CC1. The Bertz CT molecular complexity index is 318. The van der Waals surface area contributed by atoms with Crippen molar-refractivity contribution in [2.45, 2.75) is 19.8 Å². The molecule has 0 radical (unpaired) electrons. The molecular weight excluding hydrogens is 152 g/mol. The second kappa shape index (κ2) is 3.22. The zero-order valence-corrected chi connectivity index (χ0v) is 6.92. The first kappa shape index (κ1) is 8.54. The summed E-state index contributed by atoms with van der Waals surface area (Å²) in [5.41, 5.74) is 7.10. The molecule has 0 saturated carbocycles. The van der Waals surface area contributed by atoms with Gasteiger partial charge in [0.2, 0.25) is 0 Å². The maximum atomic E-state index is 10.7. The minimum Gasteiger partial charge on any atom is -0.365 e. The summed E-state index contributed by atoms with van der Waals surface area (Å²) in [6, 6.07) is 1.82. The Balaban J connectivity index is 3.05. The molecule has 3 heteroatoms. The molecule has 0 spiro atoms. The molecule has 0 aromatic heterocycles. The molecule has 2 N–H and O–H groups in total. The number of carbonyl (C=O) groups excluding carboxylic acids is 1. The zero-order chi connectivity index (χ0) is 9.14. The molecule has 12 heavy (non-hydrogen) atoms. The standard InChI is InChI=1S/C9H10N2O/c1-6-2-3-7(4-6)8(5-10)9(11)12/h4H,2-3H2,1H3,(H2,11,12). The van der Waals surface area contributed by atoms with Gasteiger partial charge in [-0.2, -0.15) is 5.26 Å². The molecule has 1 amide bonds. The fourth-order valence-electron chi connectivity index (χ4n) is 1.26. The lowest BCUT2D eigenvalue weighted by Crippen LogP contribution is -2.14. The summed E-state index contributed by atoms with van der Waals surface area (Å²) in [5.74, 6) is -0.626. The quantitative estimate of drug-likeness (QED) is 0.462. The van der Waals surface area contributed by atoms with Crippen molar-refractivity contribution in [2.24, 2.45) is 5.73 Å². The van der Waals surface area contributed by atoms with Crippen LogP contribution in [0.1, 0.15) is 19.8 Å². The summed E-state index contributed by atoms with van der Waals surface area (Å²) in [5, 5.41) is 8.61. The van der Waals surface area contributed by atoms with Crippen molar-refractivity contribution in [3.05, 3.63) is 22.8 Å². The molecule has 0 aliphatic heterocycles. The van der Waals surface area contributed by atoms with E-state index in [-0.39, 0.29) is 5.57 Å². The van der Waals surface area contributed by atoms with Gasteiger partial charge in [0, 0.05) is 0 Å². The van der Waals surface area contributed by atoms with Crippen LogP contribution in [0.2, 0.25) is 0 Å². The lowest BCUT2D eigenvalue weighted by atomic mass is 10.1. The van der Waals surface area contributed by atoms with Crippen LogP contribution in [-0.4, -0.2) is 5.91 Å². The Kier molecular flexibility index (Phi) is 2.29. The summed E-state index contributed by atoms with van der Waals surface area (Å²) >= 11 is 0. The molecule has 0 fully saturated rings. The van der Waals surface area contributed by atoms with E-state index in [0.29, 0.717) is 0 Å². The lowest BCUT2D eigenvalue weighted by molar-refractivity contribution is -0.114. The van der Waals surface area contributed by atoms with Crippen molar-refractivity contribution in [3.8, 4) is 6.07 Å². The fraction of sp³-hybridized carbons (Fsp3) is 0.333. The van der Waals surface area contributed by atoms with Gasteiger partial charge >= 0.3 is 0 Å². The molecule has 0 aromatic carbocycles. The molecule has 0 unspecified atom stereocenters. The van der Waals surface area contributed by atoms with Gasteiger partial charge in [0.25, 0.3) is 5.91 Å². The van der Waals surface area contributed by atoms with E-state index in [1.54, 1.807) is 0 Å². The molecule has 0 bridgehead atoms. The summed E-state index contributed by atoms with van der Waals surface area (Å²) in [6.45, 7) is 1.98. The normalized spacial score (nSPS) is 19.8. The highest BCUT2D eigenvalue weighted by atomic mass is 16.1. The molecule has 1 aliphatic carbocycles. The van der Waals surface area contributed by atoms with Gasteiger partial charge in [-0.05, 0) is 25.3 Å². The van der Waals surface area contributed by atoms with Crippen LogP contribution in [0.5, 0.6) is 0 Å². The smallest absolute Gasteiger partial charge is 0.259 e. The number of allylic oxidation sites excluding steroid dienone is 3. The molecule has 3 nitrogen and oxygen atoms in total. The first-order chi connectivity index (χ1) is 5.65. The van der Waals surface area contributed by atoms with Crippen LogP contribution >= 0.6 is 0 Å². The van der Waals surface area contributed by atoms with Gasteiger partial charge in [-0.1, -0.05) is 11.6 Å². The van der Waals surface area contributed by atoms with Crippen molar-refractivity contribution in [1.82, 2.24) is 0 Å². The minimum atomic E-state index is -0.626. The van der Waals surface area contributed by atoms with E-state index in [4.69, 9.17) is 11.0 Å². The predicted octanol–water partition coefficient (Wildman–Crippen LogP) is 1.03. The Morgan fingerprint density at radius 1 is 1.67 bits per heavy atom. The number of nitrogens with two attached hydrogens (primary N) is 1. The van der Waals surface area contributed by atoms with E-state index < -0.39 is 5.91 Å². The average molecular weight is 162 g/mol. The summed E-state index contributed by atoms with van der Waals surface area (Å²) in [4.78, 5) is 10.7. The molecule has 62 valence electrons. The highest BCUT2D eigenvalue weighted by Crippen LogP contribution is 2.25. The second-order valence-electron chi connectivity index (χ2n) is 2.87. The van der Waals surface area contributed by atoms with Crippen LogP contribution in [0.15, 0.2) is 22.8 Å². The van der Waals surface area contributed by atoms with Crippen molar-refractivity contribution < 1.29 is 4.79 Å².